The zero-order valence-corrected chi connectivity index (χ0v) is 15.2. The van der Waals surface area contributed by atoms with Gasteiger partial charge in [0.2, 0.25) is 5.91 Å². The Hall–Kier alpha value is -2.95. The van der Waals surface area contributed by atoms with E-state index in [4.69, 9.17) is 12.2 Å². The number of amides is 2. The SMILES string of the molecule is C#CCCC1(CCNC(=O)C2CCN(c3cccc(C(N)=O)n3)CC2)N=N1. The van der Waals surface area contributed by atoms with Crippen LogP contribution in [-0.2, 0) is 4.79 Å². The number of carbonyl (C=O) groups excluding carboxylic acids is 2. The lowest BCUT2D eigenvalue weighted by Crippen LogP contribution is -2.41. The van der Waals surface area contributed by atoms with Gasteiger partial charge in [0.05, 0.1) is 0 Å². The lowest BCUT2D eigenvalue weighted by atomic mass is 9.95. The summed E-state index contributed by atoms with van der Waals surface area (Å²) in [7, 11) is 0. The monoisotopic (exact) mass is 368 g/mol. The fourth-order valence-corrected chi connectivity index (χ4v) is 3.31. The summed E-state index contributed by atoms with van der Waals surface area (Å²) < 4.78 is 0. The van der Waals surface area contributed by atoms with Crippen molar-refractivity contribution in [1.29, 1.82) is 0 Å². The largest absolute Gasteiger partial charge is 0.364 e. The number of primary amides is 1. The highest BCUT2D eigenvalue weighted by Crippen LogP contribution is 2.36. The molecule has 1 aromatic heterocycles. The lowest BCUT2D eigenvalue weighted by Gasteiger charge is -2.32. The first-order valence-electron chi connectivity index (χ1n) is 9.20. The van der Waals surface area contributed by atoms with Crippen LogP contribution in [0.3, 0.4) is 0 Å². The topological polar surface area (TPSA) is 113 Å². The second kappa shape index (κ2) is 8.16. The van der Waals surface area contributed by atoms with Crippen molar-refractivity contribution in [3.63, 3.8) is 0 Å². The number of aromatic nitrogens is 1. The van der Waals surface area contributed by atoms with E-state index in [1.165, 1.54) is 0 Å². The Labute approximate surface area is 158 Å². The highest BCUT2D eigenvalue weighted by Gasteiger charge is 2.38. The number of piperidine rings is 1. The summed E-state index contributed by atoms with van der Waals surface area (Å²) in [6, 6.07) is 5.22. The number of carbonyl (C=O) groups is 2. The maximum Gasteiger partial charge on any atom is 0.267 e. The Kier molecular flexibility index (Phi) is 5.69. The van der Waals surface area contributed by atoms with Gasteiger partial charge in [0, 0.05) is 44.8 Å². The molecule has 0 saturated carbocycles. The Morgan fingerprint density at radius 3 is 2.67 bits per heavy atom. The van der Waals surface area contributed by atoms with E-state index in [0.29, 0.717) is 32.5 Å². The fraction of sp³-hybridized carbons (Fsp3) is 0.526. The first kappa shape index (κ1) is 18.8. The summed E-state index contributed by atoms with van der Waals surface area (Å²) in [5, 5.41) is 11.1. The zero-order chi connectivity index (χ0) is 19.3. The van der Waals surface area contributed by atoms with Gasteiger partial charge in [-0.15, -0.1) is 12.3 Å². The molecule has 0 aromatic carbocycles. The van der Waals surface area contributed by atoms with E-state index in [2.05, 4.69) is 31.3 Å². The van der Waals surface area contributed by atoms with E-state index in [0.717, 1.165) is 25.1 Å². The molecule has 0 radical (unpaired) electrons. The predicted molar refractivity (Wildman–Crippen MR) is 101 cm³/mol. The first-order chi connectivity index (χ1) is 13.0. The summed E-state index contributed by atoms with van der Waals surface area (Å²) in [5.74, 6) is 2.83. The van der Waals surface area contributed by atoms with E-state index in [-0.39, 0.29) is 23.2 Å². The minimum atomic E-state index is -0.541. The second-order valence-corrected chi connectivity index (χ2v) is 6.93. The summed E-state index contributed by atoms with van der Waals surface area (Å²) in [6.07, 6.45) is 8.85. The second-order valence-electron chi connectivity index (χ2n) is 6.93. The third-order valence-corrected chi connectivity index (χ3v) is 5.05. The number of anilines is 1. The van der Waals surface area contributed by atoms with Crippen molar-refractivity contribution in [2.24, 2.45) is 21.9 Å². The van der Waals surface area contributed by atoms with Crippen LogP contribution in [0, 0.1) is 18.3 Å². The quantitative estimate of drug-likeness (QED) is 0.677. The van der Waals surface area contributed by atoms with E-state index in [1.54, 1.807) is 12.1 Å². The average Bonchev–Trinajstić information content (AvgIpc) is 3.46. The molecule has 0 aliphatic carbocycles. The number of pyridine rings is 1. The van der Waals surface area contributed by atoms with Crippen LogP contribution >= 0.6 is 0 Å². The Balaban J connectivity index is 1.42. The van der Waals surface area contributed by atoms with E-state index < -0.39 is 5.91 Å². The van der Waals surface area contributed by atoms with Gasteiger partial charge in [-0.3, -0.25) is 9.59 Å². The molecule has 1 fully saturated rings. The molecule has 3 rings (SSSR count). The molecule has 1 aromatic rings. The molecular weight excluding hydrogens is 344 g/mol. The number of nitrogens with two attached hydrogens (primary N) is 1. The standard InChI is InChI=1S/C19H24N6O2/c1-2-3-9-19(23-24-19)10-11-21-18(27)14-7-12-25(13-8-14)16-6-4-5-15(22-16)17(20)26/h1,4-6,14H,3,7-13H2,(H2,20,26)(H,21,27). The number of nitrogens with one attached hydrogen (secondary N) is 1. The van der Waals surface area contributed by atoms with Crippen LogP contribution in [0.4, 0.5) is 5.82 Å². The average molecular weight is 368 g/mol. The van der Waals surface area contributed by atoms with Crippen molar-refractivity contribution in [1.82, 2.24) is 10.3 Å². The molecule has 2 aliphatic rings. The van der Waals surface area contributed by atoms with Crippen LogP contribution < -0.4 is 16.0 Å². The van der Waals surface area contributed by atoms with Crippen molar-refractivity contribution in [2.75, 3.05) is 24.5 Å². The van der Waals surface area contributed by atoms with Gasteiger partial charge in [-0.1, -0.05) is 6.07 Å². The molecular formula is C19H24N6O2. The molecule has 8 heteroatoms. The smallest absolute Gasteiger partial charge is 0.267 e. The number of hydrogen-bond acceptors (Lipinski definition) is 6. The number of hydrogen-bond donors (Lipinski definition) is 2. The van der Waals surface area contributed by atoms with Crippen LogP contribution in [0.1, 0.15) is 42.6 Å². The van der Waals surface area contributed by atoms with Crippen molar-refractivity contribution in [2.45, 2.75) is 37.8 Å². The Morgan fingerprint density at radius 2 is 2.04 bits per heavy atom. The summed E-state index contributed by atoms with van der Waals surface area (Å²) in [5.41, 5.74) is 5.18. The van der Waals surface area contributed by atoms with Crippen LogP contribution in [0.25, 0.3) is 0 Å². The predicted octanol–water partition coefficient (Wildman–Crippen LogP) is 1.48. The van der Waals surface area contributed by atoms with E-state index in [1.807, 2.05) is 6.07 Å². The zero-order valence-electron chi connectivity index (χ0n) is 15.2. The van der Waals surface area contributed by atoms with Crippen molar-refractivity contribution in [3.8, 4) is 12.3 Å². The number of nitrogens with zero attached hydrogens (tertiary/aromatic N) is 4. The highest BCUT2D eigenvalue weighted by atomic mass is 16.2. The van der Waals surface area contributed by atoms with Gasteiger partial charge in [-0.2, -0.15) is 10.2 Å². The van der Waals surface area contributed by atoms with Crippen LogP contribution in [0.2, 0.25) is 0 Å². The molecule has 142 valence electrons. The molecule has 1 saturated heterocycles. The van der Waals surface area contributed by atoms with E-state index in [9.17, 15) is 9.59 Å². The molecule has 3 heterocycles. The van der Waals surface area contributed by atoms with Crippen LogP contribution in [-0.4, -0.2) is 42.1 Å². The van der Waals surface area contributed by atoms with Crippen LogP contribution in [0.15, 0.2) is 28.4 Å². The van der Waals surface area contributed by atoms with Gasteiger partial charge in [0.15, 0.2) is 5.66 Å². The molecule has 27 heavy (non-hydrogen) atoms. The highest BCUT2D eigenvalue weighted by molar-refractivity contribution is 5.91. The summed E-state index contributed by atoms with van der Waals surface area (Å²) in [4.78, 5) is 30.0. The van der Waals surface area contributed by atoms with Crippen LogP contribution in [0.5, 0.6) is 0 Å². The van der Waals surface area contributed by atoms with Crippen molar-refractivity contribution >= 4 is 17.6 Å². The Bertz CT molecular complexity index is 771. The minimum Gasteiger partial charge on any atom is -0.364 e. The fourth-order valence-electron chi connectivity index (χ4n) is 3.31. The number of terminal acetylenes is 1. The molecule has 3 N–H and O–H groups in total. The van der Waals surface area contributed by atoms with Crippen molar-refractivity contribution < 1.29 is 9.59 Å². The summed E-state index contributed by atoms with van der Waals surface area (Å²) >= 11 is 0. The molecule has 0 atom stereocenters. The van der Waals surface area contributed by atoms with E-state index >= 15 is 0 Å². The molecule has 0 spiro atoms. The lowest BCUT2D eigenvalue weighted by molar-refractivity contribution is -0.125. The van der Waals surface area contributed by atoms with Gasteiger partial charge in [0.1, 0.15) is 11.5 Å². The minimum absolute atomic E-state index is 0.0182. The molecule has 8 nitrogen and oxygen atoms in total. The molecule has 0 bridgehead atoms. The first-order valence-corrected chi connectivity index (χ1v) is 9.20. The van der Waals surface area contributed by atoms with Gasteiger partial charge in [-0.25, -0.2) is 4.98 Å². The van der Waals surface area contributed by atoms with Gasteiger partial charge < -0.3 is 16.0 Å². The van der Waals surface area contributed by atoms with Gasteiger partial charge in [0.25, 0.3) is 5.91 Å². The molecule has 2 amide bonds. The van der Waals surface area contributed by atoms with Gasteiger partial charge >= 0.3 is 0 Å². The maximum atomic E-state index is 12.4. The molecule has 0 unspecified atom stereocenters. The Morgan fingerprint density at radius 1 is 1.30 bits per heavy atom. The summed E-state index contributed by atoms with van der Waals surface area (Å²) in [6.45, 7) is 1.98. The third-order valence-electron chi connectivity index (χ3n) is 5.05. The molecule has 2 aliphatic heterocycles. The van der Waals surface area contributed by atoms with Gasteiger partial charge in [-0.05, 0) is 25.0 Å². The number of rotatable bonds is 8. The third kappa shape index (κ3) is 4.82. The maximum absolute atomic E-state index is 12.4. The normalized spacial score (nSPS) is 18.0. The van der Waals surface area contributed by atoms with Crippen molar-refractivity contribution in [3.05, 3.63) is 23.9 Å².